The summed E-state index contributed by atoms with van der Waals surface area (Å²) in [7, 11) is 0. The van der Waals surface area contributed by atoms with E-state index in [0.717, 1.165) is 30.0 Å². The molecule has 0 bridgehead atoms. The maximum absolute atomic E-state index is 12.0. The Morgan fingerprint density at radius 1 is 1.10 bits per heavy atom. The molecule has 21 heavy (non-hydrogen) atoms. The normalized spacial score (nSPS) is 13.7. The van der Waals surface area contributed by atoms with Gasteiger partial charge in [0.15, 0.2) is 6.61 Å². The molecule has 3 rings (SSSR count). The summed E-state index contributed by atoms with van der Waals surface area (Å²) in [6.45, 7) is 0.822. The van der Waals surface area contributed by atoms with Crippen molar-refractivity contribution < 1.29 is 9.53 Å². The smallest absolute Gasteiger partial charge is 0.265 e. The maximum atomic E-state index is 12.0. The van der Waals surface area contributed by atoms with Gasteiger partial charge in [0.05, 0.1) is 5.69 Å². The summed E-state index contributed by atoms with van der Waals surface area (Å²) < 4.78 is 5.44. The highest BCUT2D eigenvalue weighted by atomic mass is 16.5. The predicted molar refractivity (Wildman–Crippen MR) is 83.5 cm³/mol. The fraction of sp³-hybridized carbons (Fsp3) is 0.235. The van der Waals surface area contributed by atoms with E-state index in [2.05, 4.69) is 0 Å². The van der Waals surface area contributed by atoms with Crippen LogP contribution >= 0.6 is 0 Å². The van der Waals surface area contributed by atoms with Gasteiger partial charge in [0.1, 0.15) is 5.75 Å². The van der Waals surface area contributed by atoms with Crippen LogP contribution in [0.3, 0.4) is 0 Å². The van der Waals surface area contributed by atoms with Gasteiger partial charge < -0.3 is 15.4 Å². The van der Waals surface area contributed by atoms with Gasteiger partial charge in [0, 0.05) is 12.2 Å². The standard InChI is InChI=1S/C17H18N2O2/c18-14-9-7-13(8-10-14)4-3-11-19-15-5-1-2-6-16(15)21-12-17(19)20/h1-2,5-10H,3-4,11-12,18H2. The SMILES string of the molecule is Nc1ccc(CCCN2C(=O)COc3ccccc32)cc1. The van der Waals surface area contributed by atoms with Crippen molar-refractivity contribution in [1.29, 1.82) is 0 Å². The Bertz CT molecular complexity index is 637. The molecule has 0 saturated heterocycles. The molecular formula is C17H18N2O2. The number of hydrogen-bond acceptors (Lipinski definition) is 3. The highest BCUT2D eigenvalue weighted by Gasteiger charge is 2.24. The molecule has 2 aromatic rings. The Morgan fingerprint density at radius 3 is 2.67 bits per heavy atom. The van der Waals surface area contributed by atoms with E-state index in [4.69, 9.17) is 10.5 Å². The molecule has 0 saturated carbocycles. The summed E-state index contributed by atoms with van der Waals surface area (Å²) in [5, 5.41) is 0. The van der Waals surface area contributed by atoms with Gasteiger partial charge in [-0.15, -0.1) is 0 Å². The number of anilines is 2. The topological polar surface area (TPSA) is 55.6 Å². The molecule has 2 aromatic carbocycles. The number of ether oxygens (including phenoxy) is 1. The Kier molecular flexibility index (Phi) is 3.77. The van der Waals surface area contributed by atoms with Crippen LogP contribution in [0.1, 0.15) is 12.0 Å². The second-order valence-electron chi connectivity index (χ2n) is 5.15. The molecule has 0 atom stereocenters. The number of rotatable bonds is 4. The van der Waals surface area contributed by atoms with Crippen LogP contribution < -0.4 is 15.4 Å². The summed E-state index contributed by atoms with van der Waals surface area (Å²) >= 11 is 0. The fourth-order valence-corrected chi connectivity index (χ4v) is 2.52. The summed E-state index contributed by atoms with van der Waals surface area (Å²) in [4.78, 5) is 13.8. The lowest BCUT2D eigenvalue weighted by molar-refractivity contribution is -0.121. The molecule has 0 aliphatic carbocycles. The molecule has 4 nitrogen and oxygen atoms in total. The van der Waals surface area contributed by atoms with Crippen LogP contribution in [0.5, 0.6) is 5.75 Å². The van der Waals surface area contributed by atoms with Crippen LogP contribution in [0.4, 0.5) is 11.4 Å². The Labute approximate surface area is 124 Å². The minimum Gasteiger partial charge on any atom is -0.482 e. The minimum atomic E-state index is 0.0195. The van der Waals surface area contributed by atoms with E-state index < -0.39 is 0 Å². The van der Waals surface area contributed by atoms with Gasteiger partial charge in [0.25, 0.3) is 5.91 Å². The average molecular weight is 282 g/mol. The van der Waals surface area contributed by atoms with Crippen LogP contribution in [-0.4, -0.2) is 19.1 Å². The number of carbonyl (C=O) groups is 1. The van der Waals surface area contributed by atoms with Gasteiger partial charge >= 0.3 is 0 Å². The number of fused-ring (bicyclic) bond motifs is 1. The Morgan fingerprint density at radius 2 is 1.86 bits per heavy atom. The highest BCUT2D eigenvalue weighted by Crippen LogP contribution is 2.31. The molecule has 0 radical (unpaired) electrons. The molecule has 0 fully saturated rings. The van der Waals surface area contributed by atoms with E-state index in [0.29, 0.717) is 6.54 Å². The quantitative estimate of drug-likeness (QED) is 0.877. The Balaban J connectivity index is 1.65. The lowest BCUT2D eigenvalue weighted by Gasteiger charge is -2.29. The van der Waals surface area contributed by atoms with Crippen LogP contribution in [0.2, 0.25) is 0 Å². The van der Waals surface area contributed by atoms with Crippen LogP contribution in [0, 0.1) is 0 Å². The number of para-hydroxylation sites is 2. The predicted octanol–water partition coefficient (Wildman–Crippen LogP) is 2.63. The molecule has 4 heteroatoms. The fourth-order valence-electron chi connectivity index (χ4n) is 2.52. The first kappa shape index (κ1) is 13.5. The molecule has 1 aliphatic rings. The maximum Gasteiger partial charge on any atom is 0.265 e. The number of carbonyl (C=O) groups excluding carboxylic acids is 1. The summed E-state index contributed by atoms with van der Waals surface area (Å²) in [5.41, 5.74) is 8.55. The summed E-state index contributed by atoms with van der Waals surface area (Å²) in [6, 6.07) is 15.5. The number of nitrogens with zero attached hydrogens (tertiary/aromatic N) is 1. The molecule has 1 heterocycles. The van der Waals surface area contributed by atoms with E-state index in [-0.39, 0.29) is 12.5 Å². The number of aryl methyl sites for hydroxylation is 1. The van der Waals surface area contributed by atoms with Crippen molar-refractivity contribution in [3.8, 4) is 5.75 Å². The average Bonchev–Trinajstić information content (AvgIpc) is 2.51. The van der Waals surface area contributed by atoms with Crippen molar-refractivity contribution in [3.05, 3.63) is 54.1 Å². The van der Waals surface area contributed by atoms with Gasteiger partial charge in [-0.3, -0.25) is 4.79 Å². The summed E-state index contributed by atoms with van der Waals surface area (Å²) in [6.07, 6.45) is 1.83. The second kappa shape index (κ2) is 5.87. The lowest BCUT2D eigenvalue weighted by atomic mass is 10.1. The van der Waals surface area contributed by atoms with E-state index in [1.165, 1.54) is 5.56 Å². The molecule has 1 aliphatic heterocycles. The molecule has 2 N–H and O–H groups in total. The van der Waals surface area contributed by atoms with Gasteiger partial charge in [-0.1, -0.05) is 24.3 Å². The first-order valence-corrected chi connectivity index (χ1v) is 7.10. The number of nitrogen functional groups attached to an aromatic ring is 1. The van der Waals surface area contributed by atoms with Crippen molar-refractivity contribution in [2.45, 2.75) is 12.8 Å². The van der Waals surface area contributed by atoms with E-state index >= 15 is 0 Å². The molecule has 0 unspecified atom stereocenters. The van der Waals surface area contributed by atoms with Crippen molar-refractivity contribution in [1.82, 2.24) is 0 Å². The van der Waals surface area contributed by atoms with Gasteiger partial charge in [0.2, 0.25) is 0 Å². The van der Waals surface area contributed by atoms with E-state index in [9.17, 15) is 4.79 Å². The van der Waals surface area contributed by atoms with E-state index in [1.54, 1.807) is 0 Å². The third-order valence-electron chi connectivity index (χ3n) is 3.64. The minimum absolute atomic E-state index is 0.0195. The monoisotopic (exact) mass is 282 g/mol. The largest absolute Gasteiger partial charge is 0.482 e. The van der Waals surface area contributed by atoms with Crippen LogP contribution in [0.15, 0.2) is 48.5 Å². The third-order valence-corrected chi connectivity index (χ3v) is 3.64. The van der Waals surface area contributed by atoms with Crippen molar-refractivity contribution in [2.24, 2.45) is 0 Å². The zero-order chi connectivity index (χ0) is 14.7. The van der Waals surface area contributed by atoms with Crippen molar-refractivity contribution in [2.75, 3.05) is 23.8 Å². The van der Waals surface area contributed by atoms with Gasteiger partial charge in [-0.2, -0.15) is 0 Å². The molecular weight excluding hydrogens is 264 g/mol. The number of nitrogens with two attached hydrogens (primary N) is 1. The van der Waals surface area contributed by atoms with E-state index in [1.807, 2.05) is 53.4 Å². The lowest BCUT2D eigenvalue weighted by Crippen LogP contribution is -2.39. The molecule has 1 amide bonds. The van der Waals surface area contributed by atoms with Crippen molar-refractivity contribution >= 4 is 17.3 Å². The molecule has 0 spiro atoms. The second-order valence-corrected chi connectivity index (χ2v) is 5.15. The van der Waals surface area contributed by atoms with Crippen LogP contribution in [-0.2, 0) is 11.2 Å². The Hall–Kier alpha value is -2.49. The van der Waals surface area contributed by atoms with Crippen LogP contribution in [0.25, 0.3) is 0 Å². The summed E-state index contributed by atoms with van der Waals surface area (Å²) in [5.74, 6) is 0.801. The number of benzene rings is 2. The van der Waals surface area contributed by atoms with Gasteiger partial charge in [-0.05, 0) is 42.7 Å². The zero-order valence-electron chi connectivity index (χ0n) is 11.8. The highest BCUT2D eigenvalue weighted by molar-refractivity contribution is 5.97. The van der Waals surface area contributed by atoms with Gasteiger partial charge in [-0.25, -0.2) is 0 Å². The third kappa shape index (κ3) is 2.99. The van der Waals surface area contributed by atoms with Crippen molar-refractivity contribution in [3.63, 3.8) is 0 Å². The number of amides is 1. The first-order valence-electron chi connectivity index (χ1n) is 7.10. The first-order chi connectivity index (χ1) is 10.2. The molecule has 0 aromatic heterocycles. The molecule has 108 valence electrons. The number of hydrogen-bond donors (Lipinski definition) is 1. The zero-order valence-corrected chi connectivity index (χ0v) is 11.8.